The molecule has 0 aromatic heterocycles. The van der Waals surface area contributed by atoms with E-state index < -0.39 is 0 Å². The molecule has 0 radical (unpaired) electrons. The van der Waals surface area contributed by atoms with Crippen LogP contribution in [-0.2, 0) is 0 Å². The number of nitrogens with two attached hydrogens (primary N) is 1. The Hall–Kier alpha value is -1.80. The maximum atomic E-state index is 9.31. The lowest BCUT2D eigenvalue weighted by Gasteiger charge is -2.29. The minimum absolute atomic E-state index is 0. The Bertz CT molecular complexity index is 704. The van der Waals surface area contributed by atoms with Crippen LogP contribution in [0.2, 0.25) is 0 Å². The number of para-hydroxylation sites is 1. The molecule has 0 saturated carbocycles. The van der Waals surface area contributed by atoms with Crippen molar-refractivity contribution in [2.75, 3.05) is 18.5 Å². The van der Waals surface area contributed by atoms with Crippen LogP contribution < -0.4 is 15.8 Å². The molecule has 0 bridgehead atoms. The molecular formula is C21H30IN3O2. The molecule has 5 nitrogen and oxygen atoms in total. The van der Waals surface area contributed by atoms with Crippen molar-refractivity contribution in [3.8, 4) is 11.5 Å². The van der Waals surface area contributed by atoms with E-state index in [0.29, 0.717) is 12.5 Å². The van der Waals surface area contributed by atoms with Crippen LogP contribution in [-0.4, -0.2) is 24.2 Å². The number of anilines is 1. The van der Waals surface area contributed by atoms with Crippen LogP contribution in [0.3, 0.4) is 0 Å². The highest BCUT2D eigenvalue weighted by molar-refractivity contribution is 14.0. The first-order chi connectivity index (χ1) is 12.6. The summed E-state index contributed by atoms with van der Waals surface area (Å²) in [4.78, 5) is 4.50. The molecule has 0 aliphatic heterocycles. The van der Waals surface area contributed by atoms with E-state index >= 15 is 0 Å². The van der Waals surface area contributed by atoms with Gasteiger partial charge in [-0.05, 0) is 48.9 Å². The maximum Gasteiger partial charge on any atom is 0.193 e. The molecule has 0 saturated heterocycles. The number of aliphatic hydroxyl groups excluding tert-OH is 1. The SMILES string of the molecule is CCC(CC)(CCO)CN=C(N)Nc1cccc(Oc2ccccc2)c1.I. The van der Waals surface area contributed by atoms with Crippen LogP contribution in [0.1, 0.15) is 33.1 Å². The van der Waals surface area contributed by atoms with Crippen LogP contribution in [0.25, 0.3) is 0 Å². The first-order valence-corrected chi connectivity index (χ1v) is 9.11. The van der Waals surface area contributed by atoms with E-state index in [-0.39, 0.29) is 36.0 Å². The quantitative estimate of drug-likeness (QED) is 0.266. The average Bonchev–Trinajstić information content (AvgIpc) is 2.66. The van der Waals surface area contributed by atoms with E-state index in [9.17, 15) is 5.11 Å². The zero-order chi connectivity index (χ0) is 18.8. The maximum absolute atomic E-state index is 9.31. The van der Waals surface area contributed by atoms with E-state index in [1.54, 1.807) is 0 Å². The normalized spacial score (nSPS) is 11.6. The lowest BCUT2D eigenvalue weighted by Crippen LogP contribution is -2.29. The van der Waals surface area contributed by atoms with Gasteiger partial charge in [-0.3, -0.25) is 4.99 Å². The van der Waals surface area contributed by atoms with Crippen molar-refractivity contribution >= 4 is 35.6 Å². The molecular weight excluding hydrogens is 453 g/mol. The van der Waals surface area contributed by atoms with Gasteiger partial charge in [0.15, 0.2) is 5.96 Å². The minimum atomic E-state index is -0.000676. The monoisotopic (exact) mass is 483 g/mol. The third-order valence-corrected chi connectivity index (χ3v) is 4.81. The summed E-state index contributed by atoms with van der Waals surface area (Å²) in [5, 5.41) is 12.4. The Balaban J connectivity index is 0.00000364. The standard InChI is InChI=1S/C21H29N3O2.HI/c1-3-21(4-2,13-14-25)16-23-20(22)24-17-9-8-12-19(15-17)26-18-10-6-5-7-11-18;/h5-12,15,25H,3-4,13-14,16H2,1-2H3,(H3,22,23,24);1H. The molecule has 0 amide bonds. The lowest BCUT2D eigenvalue weighted by molar-refractivity contribution is 0.175. The second-order valence-electron chi connectivity index (χ2n) is 6.45. The summed E-state index contributed by atoms with van der Waals surface area (Å²) < 4.78 is 5.83. The number of rotatable bonds is 9. The summed E-state index contributed by atoms with van der Waals surface area (Å²) in [6, 6.07) is 17.2. The van der Waals surface area contributed by atoms with Crippen LogP contribution in [0.15, 0.2) is 59.6 Å². The summed E-state index contributed by atoms with van der Waals surface area (Å²) in [5.41, 5.74) is 6.88. The molecule has 0 atom stereocenters. The predicted octanol–water partition coefficient (Wildman–Crippen LogP) is 5.01. The zero-order valence-corrected chi connectivity index (χ0v) is 18.4. The van der Waals surface area contributed by atoms with Crippen LogP contribution in [0.5, 0.6) is 11.5 Å². The highest BCUT2D eigenvalue weighted by Gasteiger charge is 2.25. The number of hydrogen-bond acceptors (Lipinski definition) is 3. The third kappa shape index (κ3) is 7.38. The van der Waals surface area contributed by atoms with Gasteiger partial charge in [0, 0.05) is 24.9 Å². The number of guanidine groups is 1. The Morgan fingerprint density at radius 2 is 1.74 bits per heavy atom. The largest absolute Gasteiger partial charge is 0.457 e. The van der Waals surface area contributed by atoms with Gasteiger partial charge in [0.2, 0.25) is 0 Å². The minimum Gasteiger partial charge on any atom is -0.457 e. The van der Waals surface area contributed by atoms with Gasteiger partial charge >= 0.3 is 0 Å². The fraction of sp³-hybridized carbons (Fsp3) is 0.381. The molecule has 2 aromatic carbocycles. The Labute approximate surface area is 179 Å². The molecule has 0 unspecified atom stereocenters. The predicted molar refractivity (Wildman–Crippen MR) is 123 cm³/mol. The summed E-state index contributed by atoms with van der Waals surface area (Å²) in [6.07, 6.45) is 2.65. The van der Waals surface area contributed by atoms with E-state index in [0.717, 1.165) is 36.4 Å². The molecule has 2 aromatic rings. The Morgan fingerprint density at radius 3 is 2.37 bits per heavy atom. The first kappa shape index (κ1) is 23.2. The fourth-order valence-electron chi connectivity index (χ4n) is 2.85. The molecule has 0 aliphatic carbocycles. The molecule has 2 rings (SSSR count). The molecule has 0 spiro atoms. The van der Waals surface area contributed by atoms with Crippen LogP contribution in [0.4, 0.5) is 5.69 Å². The number of nitrogens with one attached hydrogen (secondary N) is 1. The van der Waals surface area contributed by atoms with Gasteiger partial charge in [-0.25, -0.2) is 0 Å². The van der Waals surface area contributed by atoms with Gasteiger partial charge in [-0.1, -0.05) is 38.1 Å². The fourth-order valence-corrected chi connectivity index (χ4v) is 2.85. The van der Waals surface area contributed by atoms with Gasteiger partial charge in [0.05, 0.1) is 0 Å². The molecule has 0 heterocycles. The highest BCUT2D eigenvalue weighted by Crippen LogP contribution is 2.30. The van der Waals surface area contributed by atoms with Crippen molar-refractivity contribution in [1.29, 1.82) is 0 Å². The van der Waals surface area contributed by atoms with Crippen molar-refractivity contribution in [3.63, 3.8) is 0 Å². The third-order valence-electron chi connectivity index (χ3n) is 4.81. The number of aliphatic hydroxyl groups is 1. The van der Waals surface area contributed by atoms with Crippen molar-refractivity contribution in [2.24, 2.45) is 16.1 Å². The smallest absolute Gasteiger partial charge is 0.193 e. The van der Waals surface area contributed by atoms with E-state index in [1.165, 1.54) is 0 Å². The van der Waals surface area contributed by atoms with Crippen molar-refractivity contribution < 1.29 is 9.84 Å². The van der Waals surface area contributed by atoms with Crippen molar-refractivity contribution in [1.82, 2.24) is 0 Å². The number of nitrogens with zero attached hydrogens (tertiary/aromatic N) is 1. The first-order valence-electron chi connectivity index (χ1n) is 9.11. The Kier molecular flexibility index (Phi) is 10.2. The van der Waals surface area contributed by atoms with E-state index in [1.807, 2.05) is 54.6 Å². The summed E-state index contributed by atoms with van der Waals surface area (Å²) in [7, 11) is 0. The molecule has 148 valence electrons. The molecule has 4 N–H and O–H groups in total. The van der Waals surface area contributed by atoms with Crippen LogP contribution in [0, 0.1) is 5.41 Å². The van der Waals surface area contributed by atoms with Crippen molar-refractivity contribution in [2.45, 2.75) is 33.1 Å². The van der Waals surface area contributed by atoms with Gasteiger partial charge in [0.25, 0.3) is 0 Å². The average molecular weight is 483 g/mol. The number of benzene rings is 2. The topological polar surface area (TPSA) is 79.9 Å². The highest BCUT2D eigenvalue weighted by atomic mass is 127. The summed E-state index contributed by atoms with van der Waals surface area (Å²) in [6.45, 7) is 5.02. The van der Waals surface area contributed by atoms with E-state index in [4.69, 9.17) is 10.5 Å². The number of hydrogen-bond donors (Lipinski definition) is 3. The summed E-state index contributed by atoms with van der Waals surface area (Å²) in [5.74, 6) is 1.88. The number of halogens is 1. The Morgan fingerprint density at radius 1 is 1.07 bits per heavy atom. The van der Waals surface area contributed by atoms with Crippen LogP contribution >= 0.6 is 24.0 Å². The molecule has 27 heavy (non-hydrogen) atoms. The number of aliphatic imine (C=N–C) groups is 1. The summed E-state index contributed by atoms with van der Waals surface area (Å²) >= 11 is 0. The molecule has 0 aliphatic rings. The molecule has 6 heteroatoms. The van der Waals surface area contributed by atoms with Gasteiger partial charge in [-0.2, -0.15) is 0 Å². The van der Waals surface area contributed by atoms with Gasteiger partial charge in [-0.15, -0.1) is 24.0 Å². The number of ether oxygens (including phenoxy) is 1. The second-order valence-corrected chi connectivity index (χ2v) is 6.45. The zero-order valence-electron chi connectivity index (χ0n) is 16.0. The van der Waals surface area contributed by atoms with Gasteiger partial charge < -0.3 is 20.9 Å². The van der Waals surface area contributed by atoms with Gasteiger partial charge in [0.1, 0.15) is 11.5 Å². The lowest BCUT2D eigenvalue weighted by atomic mass is 9.79. The second kappa shape index (κ2) is 11.8. The van der Waals surface area contributed by atoms with E-state index in [2.05, 4.69) is 24.2 Å². The molecule has 0 fully saturated rings. The van der Waals surface area contributed by atoms with Crippen molar-refractivity contribution in [3.05, 3.63) is 54.6 Å².